The first-order chi connectivity index (χ1) is 14.8. The van der Waals surface area contributed by atoms with Gasteiger partial charge in [-0.05, 0) is 68.1 Å². The number of hydrogen-bond acceptors (Lipinski definition) is 2. The standard InChI is InChI=1S/C23H21F7O2/c1-12(31)19-7-8-20(21(19)14-3-5-18(24)6-4-14)32-13(2)15-9-16(22(25,26)27)11-17(10-15)23(28,29)30/h3-6,9-11,13,19-21H,7-8H2,1-2H3/t13-,19+,20?,21+/m1/s1. The molecule has 2 aromatic rings. The van der Waals surface area contributed by atoms with Gasteiger partial charge in [-0.1, -0.05) is 12.1 Å². The van der Waals surface area contributed by atoms with Crippen molar-refractivity contribution in [3.63, 3.8) is 0 Å². The molecule has 0 saturated heterocycles. The van der Waals surface area contributed by atoms with Crippen molar-refractivity contribution >= 4 is 5.78 Å². The average Bonchev–Trinajstić information content (AvgIpc) is 3.10. The Bertz CT molecular complexity index is 932. The van der Waals surface area contributed by atoms with E-state index in [1.807, 2.05) is 0 Å². The van der Waals surface area contributed by atoms with Crippen LogP contribution in [0.15, 0.2) is 42.5 Å². The van der Waals surface area contributed by atoms with Gasteiger partial charge in [0.25, 0.3) is 0 Å². The number of ether oxygens (including phenoxy) is 1. The van der Waals surface area contributed by atoms with E-state index in [-0.39, 0.29) is 17.4 Å². The fourth-order valence-electron chi connectivity index (χ4n) is 4.26. The first kappa shape index (κ1) is 24.2. The first-order valence-electron chi connectivity index (χ1n) is 9.98. The molecule has 0 amide bonds. The molecule has 32 heavy (non-hydrogen) atoms. The third-order valence-electron chi connectivity index (χ3n) is 5.83. The summed E-state index contributed by atoms with van der Waals surface area (Å²) in [7, 11) is 0. The summed E-state index contributed by atoms with van der Waals surface area (Å²) in [6.07, 6.45) is -10.8. The Morgan fingerprint density at radius 2 is 1.47 bits per heavy atom. The number of carbonyl (C=O) groups excluding carboxylic acids is 1. The predicted molar refractivity (Wildman–Crippen MR) is 102 cm³/mol. The highest BCUT2D eigenvalue weighted by atomic mass is 19.4. The SMILES string of the molecule is CC(=O)[C@@H]1CCC(O[C@H](C)c2cc(C(F)(F)F)cc(C(F)(F)F)c2)[C@H]1c1ccc(F)cc1. The Hall–Kier alpha value is -2.42. The lowest BCUT2D eigenvalue weighted by atomic mass is 9.85. The summed E-state index contributed by atoms with van der Waals surface area (Å²) in [5.74, 6) is -1.51. The lowest BCUT2D eigenvalue weighted by Crippen LogP contribution is -2.25. The van der Waals surface area contributed by atoms with Gasteiger partial charge in [0, 0.05) is 11.8 Å². The number of ketones is 1. The van der Waals surface area contributed by atoms with Crippen molar-refractivity contribution in [2.75, 3.05) is 0 Å². The third-order valence-corrected chi connectivity index (χ3v) is 5.83. The lowest BCUT2D eigenvalue weighted by Gasteiger charge is -2.28. The van der Waals surface area contributed by atoms with E-state index in [9.17, 15) is 35.5 Å². The summed E-state index contributed by atoms with van der Waals surface area (Å²) in [6.45, 7) is 2.79. The zero-order valence-electron chi connectivity index (χ0n) is 17.2. The van der Waals surface area contributed by atoms with E-state index < -0.39 is 53.3 Å². The van der Waals surface area contributed by atoms with Crippen LogP contribution >= 0.6 is 0 Å². The number of carbonyl (C=O) groups is 1. The minimum atomic E-state index is -4.96. The summed E-state index contributed by atoms with van der Waals surface area (Å²) < 4.78 is 98.4. The Labute approximate surface area is 180 Å². The molecule has 174 valence electrons. The van der Waals surface area contributed by atoms with Crippen molar-refractivity contribution in [3.8, 4) is 0 Å². The highest BCUT2D eigenvalue weighted by Crippen LogP contribution is 2.45. The highest BCUT2D eigenvalue weighted by molar-refractivity contribution is 5.80. The summed E-state index contributed by atoms with van der Waals surface area (Å²) in [5.41, 5.74) is -2.47. The molecule has 3 rings (SSSR count). The summed E-state index contributed by atoms with van der Waals surface area (Å²) >= 11 is 0. The predicted octanol–water partition coefficient (Wildman–Crippen LogP) is 7.09. The molecule has 1 saturated carbocycles. The van der Waals surface area contributed by atoms with E-state index in [0.717, 1.165) is 0 Å². The molecule has 0 aromatic heterocycles. The molecular weight excluding hydrogens is 441 g/mol. The average molecular weight is 462 g/mol. The zero-order chi connectivity index (χ0) is 23.8. The smallest absolute Gasteiger partial charge is 0.370 e. The largest absolute Gasteiger partial charge is 0.416 e. The van der Waals surface area contributed by atoms with Crippen molar-refractivity contribution < 1.29 is 40.3 Å². The van der Waals surface area contributed by atoms with Crippen molar-refractivity contribution in [2.24, 2.45) is 5.92 Å². The summed E-state index contributed by atoms with van der Waals surface area (Å²) in [5, 5.41) is 0. The van der Waals surface area contributed by atoms with Crippen molar-refractivity contribution in [2.45, 2.75) is 57.2 Å². The van der Waals surface area contributed by atoms with Crippen LogP contribution in [0.25, 0.3) is 0 Å². The van der Waals surface area contributed by atoms with Gasteiger partial charge in [-0.2, -0.15) is 26.3 Å². The van der Waals surface area contributed by atoms with E-state index >= 15 is 0 Å². The van der Waals surface area contributed by atoms with Crippen molar-refractivity contribution in [3.05, 3.63) is 70.5 Å². The zero-order valence-corrected chi connectivity index (χ0v) is 17.2. The molecule has 0 aliphatic heterocycles. The molecule has 1 fully saturated rings. The molecule has 4 atom stereocenters. The van der Waals surface area contributed by atoms with E-state index in [0.29, 0.717) is 30.5 Å². The number of rotatable bonds is 5. The van der Waals surface area contributed by atoms with Gasteiger partial charge >= 0.3 is 12.4 Å². The van der Waals surface area contributed by atoms with Gasteiger partial charge in [0.15, 0.2) is 0 Å². The van der Waals surface area contributed by atoms with Gasteiger partial charge < -0.3 is 4.74 Å². The number of benzene rings is 2. The van der Waals surface area contributed by atoms with Crippen LogP contribution in [0.3, 0.4) is 0 Å². The number of halogens is 7. The van der Waals surface area contributed by atoms with E-state index in [4.69, 9.17) is 4.74 Å². The molecule has 2 nitrogen and oxygen atoms in total. The fraction of sp³-hybridized carbons (Fsp3) is 0.435. The van der Waals surface area contributed by atoms with Crippen LogP contribution in [0.5, 0.6) is 0 Å². The molecular formula is C23H21F7O2. The Balaban J connectivity index is 1.93. The fourth-order valence-corrected chi connectivity index (χ4v) is 4.26. The Morgan fingerprint density at radius 1 is 0.938 bits per heavy atom. The third kappa shape index (κ3) is 5.31. The van der Waals surface area contributed by atoms with E-state index in [1.54, 1.807) is 0 Å². The van der Waals surface area contributed by atoms with Crippen LogP contribution in [0.2, 0.25) is 0 Å². The van der Waals surface area contributed by atoms with Crippen LogP contribution < -0.4 is 0 Å². The summed E-state index contributed by atoms with van der Waals surface area (Å²) in [4.78, 5) is 12.1. The summed E-state index contributed by atoms with van der Waals surface area (Å²) in [6, 6.07) is 6.83. The van der Waals surface area contributed by atoms with Gasteiger partial charge in [0.05, 0.1) is 23.3 Å². The molecule has 1 unspecified atom stereocenters. The minimum absolute atomic E-state index is 0.0683. The van der Waals surface area contributed by atoms with Crippen LogP contribution in [-0.4, -0.2) is 11.9 Å². The second-order valence-corrected chi connectivity index (χ2v) is 8.03. The van der Waals surface area contributed by atoms with Gasteiger partial charge in [0.2, 0.25) is 0 Å². The van der Waals surface area contributed by atoms with Gasteiger partial charge in [-0.3, -0.25) is 4.79 Å². The molecule has 1 aliphatic rings. The van der Waals surface area contributed by atoms with Gasteiger partial charge in [-0.15, -0.1) is 0 Å². The highest BCUT2D eigenvalue weighted by Gasteiger charge is 2.42. The van der Waals surface area contributed by atoms with Crippen LogP contribution in [0, 0.1) is 11.7 Å². The molecule has 2 aromatic carbocycles. The van der Waals surface area contributed by atoms with Crippen LogP contribution in [-0.2, 0) is 21.9 Å². The maximum absolute atomic E-state index is 13.3. The number of Topliss-reactive ketones (excluding diaryl/α,β-unsaturated/α-hetero) is 1. The molecule has 0 heterocycles. The van der Waals surface area contributed by atoms with Crippen molar-refractivity contribution in [1.29, 1.82) is 0 Å². The molecule has 0 bridgehead atoms. The Kier molecular flexibility index (Phi) is 6.70. The van der Waals surface area contributed by atoms with E-state index in [2.05, 4.69) is 0 Å². The number of alkyl halides is 6. The van der Waals surface area contributed by atoms with Gasteiger partial charge in [0.1, 0.15) is 11.6 Å². The number of hydrogen-bond donors (Lipinski definition) is 0. The molecule has 0 N–H and O–H groups in total. The monoisotopic (exact) mass is 462 g/mol. The molecule has 0 spiro atoms. The van der Waals surface area contributed by atoms with E-state index in [1.165, 1.54) is 38.1 Å². The topological polar surface area (TPSA) is 26.3 Å². The second kappa shape index (κ2) is 8.84. The lowest BCUT2D eigenvalue weighted by molar-refractivity contribution is -0.143. The molecule has 9 heteroatoms. The maximum atomic E-state index is 13.3. The second-order valence-electron chi connectivity index (χ2n) is 8.03. The normalized spacial score (nSPS) is 22.7. The quantitative estimate of drug-likeness (QED) is 0.444. The maximum Gasteiger partial charge on any atom is 0.416 e. The van der Waals surface area contributed by atoms with Gasteiger partial charge in [-0.25, -0.2) is 4.39 Å². The minimum Gasteiger partial charge on any atom is -0.370 e. The first-order valence-corrected chi connectivity index (χ1v) is 9.98. The van der Waals surface area contributed by atoms with Crippen LogP contribution in [0.4, 0.5) is 30.7 Å². The van der Waals surface area contributed by atoms with Crippen LogP contribution in [0.1, 0.15) is 61.0 Å². The molecule has 1 aliphatic carbocycles. The Morgan fingerprint density at radius 3 is 1.94 bits per heavy atom. The molecule has 0 radical (unpaired) electrons. The van der Waals surface area contributed by atoms with Crippen molar-refractivity contribution in [1.82, 2.24) is 0 Å².